The molecule has 8 nitrogen and oxygen atoms in total. The second-order valence-electron chi connectivity index (χ2n) is 10.6. The highest BCUT2D eigenvalue weighted by molar-refractivity contribution is 5.60. The molecular weight excluding hydrogens is 495 g/mol. The van der Waals surface area contributed by atoms with Gasteiger partial charge in [0.15, 0.2) is 0 Å². The van der Waals surface area contributed by atoms with E-state index in [9.17, 15) is 0 Å². The van der Waals surface area contributed by atoms with Crippen molar-refractivity contribution in [2.75, 3.05) is 44.7 Å². The Kier molecular flexibility index (Phi) is 7.43. The fourth-order valence-corrected chi connectivity index (χ4v) is 5.43. The van der Waals surface area contributed by atoms with Gasteiger partial charge >= 0.3 is 0 Å². The van der Waals surface area contributed by atoms with E-state index in [1.807, 2.05) is 48.8 Å². The molecule has 0 saturated carbocycles. The summed E-state index contributed by atoms with van der Waals surface area (Å²) in [6.45, 7) is 8.05. The number of halogens is 1. The van der Waals surface area contributed by atoms with Gasteiger partial charge in [0.1, 0.15) is 11.5 Å². The van der Waals surface area contributed by atoms with Gasteiger partial charge in [-0.15, -0.1) is 0 Å². The number of nitrogens with zero attached hydrogens (tertiary/aromatic N) is 5. The smallest absolute Gasteiger partial charge is 0.259 e. The minimum absolute atomic E-state index is 0.380. The number of rotatable bonds is 9. The van der Waals surface area contributed by atoms with Crippen molar-refractivity contribution in [1.29, 1.82) is 0 Å². The highest BCUT2D eigenvalue weighted by atomic mass is 19.1. The van der Waals surface area contributed by atoms with Crippen molar-refractivity contribution in [1.82, 2.24) is 24.6 Å². The molecule has 204 valence electrons. The molecule has 2 saturated heterocycles. The standard InChI is InChI=1S/C30H35FN6O2/c1-22-18-25(21-37(22)20-23-4-9-27(33-19-23)32-12-15-36-13-2-3-14-36)29-34-28(35-39-29)24-5-7-26(8-6-24)30(31)10-16-38-17-11-30/h4-9,18-19,21H,2-3,10-17,20H2,1H3,(H,32,33). The number of ether oxygens (including phenoxy) is 1. The van der Waals surface area contributed by atoms with Gasteiger partial charge in [-0.2, -0.15) is 4.98 Å². The Hall–Kier alpha value is -3.56. The molecule has 0 aliphatic carbocycles. The van der Waals surface area contributed by atoms with Crippen molar-refractivity contribution >= 4 is 5.82 Å². The van der Waals surface area contributed by atoms with E-state index in [1.54, 1.807) is 0 Å². The van der Waals surface area contributed by atoms with Crippen molar-refractivity contribution < 1.29 is 13.7 Å². The van der Waals surface area contributed by atoms with Gasteiger partial charge in [-0.25, -0.2) is 9.37 Å². The van der Waals surface area contributed by atoms with E-state index < -0.39 is 5.67 Å². The number of hydrogen-bond acceptors (Lipinski definition) is 7. The summed E-state index contributed by atoms with van der Waals surface area (Å²) in [7, 11) is 0. The van der Waals surface area contributed by atoms with Crippen LogP contribution in [0.5, 0.6) is 0 Å². The van der Waals surface area contributed by atoms with Crippen LogP contribution in [0.3, 0.4) is 0 Å². The van der Waals surface area contributed by atoms with Gasteiger partial charge in [-0.3, -0.25) is 0 Å². The van der Waals surface area contributed by atoms with Crippen LogP contribution in [0.1, 0.15) is 42.5 Å². The van der Waals surface area contributed by atoms with E-state index in [1.165, 1.54) is 25.9 Å². The SMILES string of the molecule is Cc1cc(-c2nc(-c3ccc(C4(F)CCOCC4)cc3)no2)cn1Cc1ccc(NCCN2CCCC2)nc1. The molecule has 1 aromatic carbocycles. The van der Waals surface area contributed by atoms with Gasteiger partial charge in [0, 0.05) is 69.3 Å². The Labute approximate surface area is 228 Å². The van der Waals surface area contributed by atoms with Crippen LogP contribution >= 0.6 is 0 Å². The van der Waals surface area contributed by atoms with Gasteiger partial charge in [0.25, 0.3) is 5.89 Å². The summed E-state index contributed by atoms with van der Waals surface area (Å²) in [5.74, 6) is 1.85. The number of aryl methyl sites for hydroxylation is 1. The number of benzene rings is 1. The van der Waals surface area contributed by atoms with Crippen LogP contribution in [0, 0.1) is 6.92 Å². The van der Waals surface area contributed by atoms with E-state index in [0.717, 1.165) is 41.3 Å². The highest BCUT2D eigenvalue weighted by Crippen LogP contribution is 2.37. The summed E-state index contributed by atoms with van der Waals surface area (Å²) in [4.78, 5) is 11.7. The molecule has 0 unspecified atom stereocenters. The van der Waals surface area contributed by atoms with E-state index >= 15 is 4.39 Å². The predicted molar refractivity (Wildman–Crippen MR) is 148 cm³/mol. The number of anilines is 1. The van der Waals surface area contributed by atoms with Gasteiger partial charge in [0.05, 0.1) is 5.56 Å². The third-order valence-electron chi connectivity index (χ3n) is 7.84. The van der Waals surface area contributed by atoms with Gasteiger partial charge in [-0.05, 0) is 56.1 Å². The first-order valence-electron chi connectivity index (χ1n) is 13.9. The summed E-state index contributed by atoms with van der Waals surface area (Å²) in [5, 5.41) is 7.60. The summed E-state index contributed by atoms with van der Waals surface area (Å²) in [6.07, 6.45) is 7.33. The van der Waals surface area contributed by atoms with E-state index in [-0.39, 0.29) is 0 Å². The predicted octanol–water partition coefficient (Wildman–Crippen LogP) is 5.44. The van der Waals surface area contributed by atoms with Crippen LogP contribution in [0.25, 0.3) is 22.8 Å². The zero-order valence-electron chi connectivity index (χ0n) is 22.4. The normalized spacial score (nSPS) is 17.5. The molecule has 39 heavy (non-hydrogen) atoms. The van der Waals surface area contributed by atoms with Gasteiger partial charge in [0.2, 0.25) is 5.82 Å². The molecule has 0 radical (unpaired) electrons. The van der Waals surface area contributed by atoms with Crippen LogP contribution < -0.4 is 5.32 Å². The van der Waals surface area contributed by atoms with Crippen molar-refractivity contribution in [3.63, 3.8) is 0 Å². The van der Waals surface area contributed by atoms with Crippen molar-refractivity contribution in [3.05, 3.63) is 71.7 Å². The lowest BCUT2D eigenvalue weighted by Crippen LogP contribution is -2.29. The first-order chi connectivity index (χ1) is 19.1. The third kappa shape index (κ3) is 5.89. The minimum Gasteiger partial charge on any atom is -0.381 e. The molecule has 2 fully saturated rings. The minimum atomic E-state index is -1.33. The molecular formula is C30H35FN6O2. The molecule has 6 rings (SSSR count). The molecule has 0 amide bonds. The van der Waals surface area contributed by atoms with Crippen molar-refractivity contribution in [2.45, 2.75) is 44.8 Å². The van der Waals surface area contributed by atoms with Crippen molar-refractivity contribution in [2.24, 2.45) is 0 Å². The summed E-state index contributed by atoms with van der Waals surface area (Å²) in [5.41, 5.74) is 3.20. The molecule has 9 heteroatoms. The van der Waals surface area contributed by atoms with Crippen LogP contribution in [-0.2, 0) is 17.0 Å². The lowest BCUT2D eigenvalue weighted by atomic mass is 9.88. The maximum Gasteiger partial charge on any atom is 0.259 e. The summed E-state index contributed by atoms with van der Waals surface area (Å²) < 4.78 is 28.3. The van der Waals surface area contributed by atoms with E-state index in [2.05, 4.69) is 42.9 Å². The lowest BCUT2D eigenvalue weighted by Gasteiger charge is -2.29. The third-order valence-corrected chi connectivity index (χ3v) is 7.84. The maximum absolute atomic E-state index is 15.2. The number of hydrogen-bond donors (Lipinski definition) is 1. The van der Waals surface area contributed by atoms with Crippen LogP contribution in [0.2, 0.25) is 0 Å². The number of alkyl halides is 1. The fraction of sp³-hybridized carbons (Fsp3) is 0.433. The number of pyridine rings is 1. The number of aromatic nitrogens is 4. The first-order valence-corrected chi connectivity index (χ1v) is 13.9. The zero-order chi connectivity index (χ0) is 26.7. The molecule has 5 heterocycles. The Balaban J connectivity index is 1.08. The Bertz CT molecular complexity index is 1370. The second-order valence-corrected chi connectivity index (χ2v) is 10.6. The Morgan fingerprint density at radius 1 is 1.03 bits per heavy atom. The number of nitrogens with one attached hydrogen (secondary N) is 1. The van der Waals surface area contributed by atoms with Crippen LogP contribution in [0.4, 0.5) is 10.2 Å². The lowest BCUT2D eigenvalue weighted by molar-refractivity contribution is -0.0114. The largest absolute Gasteiger partial charge is 0.381 e. The van der Waals surface area contributed by atoms with Crippen LogP contribution in [-0.4, -0.2) is 64.0 Å². The second kappa shape index (κ2) is 11.3. The maximum atomic E-state index is 15.2. The van der Waals surface area contributed by atoms with Crippen molar-refractivity contribution in [3.8, 4) is 22.8 Å². The first kappa shape index (κ1) is 25.7. The molecule has 4 aromatic rings. The van der Waals surface area contributed by atoms with Crippen LogP contribution in [0.15, 0.2) is 59.4 Å². The molecule has 0 spiro atoms. The number of likely N-dealkylation sites (tertiary alicyclic amines) is 1. The van der Waals surface area contributed by atoms with E-state index in [0.29, 0.717) is 49.9 Å². The molecule has 3 aromatic heterocycles. The average Bonchev–Trinajstić information content (AvgIpc) is 3.73. The highest BCUT2D eigenvalue weighted by Gasteiger charge is 2.34. The van der Waals surface area contributed by atoms with Gasteiger partial charge in [-0.1, -0.05) is 35.5 Å². The molecule has 2 aliphatic heterocycles. The Morgan fingerprint density at radius 2 is 1.82 bits per heavy atom. The van der Waals surface area contributed by atoms with E-state index in [4.69, 9.17) is 9.26 Å². The monoisotopic (exact) mass is 530 g/mol. The van der Waals surface area contributed by atoms with Gasteiger partial charge < -0.3 is 24.0 Å². The average molecular weight is 531 g/mol. The fourth-order valence-electron chi connectivity index (χ4n) is 5.43. The summed E-state index contributed by atoms with van der Waals surface area (Å²) >= 11 is 0. The quantitative estimate of drug-likeness (QED) is 0.309. The molecule has 2 aliphatic rings. The Morgan fingerprint density at radius 3 is 2.56 bits per heavy atom. The molecule has 1 N–H and O–H groups in total. The molecule has 0 atom stereocenters. The topological polar surface area (TPSA) is 81.2 Å². The zero-order valence-corrected chi connectivity index (χ0v) is 22.4. The summed E-state index contributed by atoms with van der Waals surface area (Å²) in [6, 6.07) is 13.5. The molecule has 0 bridgehead atoms.